The molecule has 0 bridgehead atoms. The molecule has 0 amide bonds. The smallest absolute Gasteiger partial charge is 0.262 e. The highest BCUT2D eigenvalue weighted by Gasteiger charge is 2.14. The number of aryl methyl sites for hydroxylation is 1. The van der Waals surface area contributed by atoms with Crippen molar-refractivity contribution in [3.05, 3.63) is 88.3 Å². The van der Waals surface area contributed by atoms with Gasteiger partial charge < -0.3 is 9.67 Å². The summed E-state index contributed by atoms with van der Waals surface area (Å²) in [5, 5.41) is 10.2. The Hall–Kier alpha value is -2.81. The van der Waals surface area contributed by atoms with Gasteiger partial charge in [0, 0.05) is 11.8 Å². The van der Waals surface area contributed by atoms with Gasteiger partial charge in [0.05, 0.1) is 12.1 Å². The van der Waals surface area contributed by atoms with Gasteiger partial charge >= 0.3 is 0 Å². The van der Waals surface area contributed by atoms with Crippen molar-refractivity contribution in [2.75, 3.05) is 0 Å². The molecule has 3 nitrogen and oxygen atoms in total. The summed E-state index contributed by atoms with van der Waals surface area (Å²) < 4.78 is 1.69. The zero-order chi connectivity index (χ0) is 15.5. The molecule has 1 N–H and O–H groups in total. The summed E-state index contributed by atoms with van der Waals surface area (Å²) in [6, 6.07) is 20.7. The van der Waals surface area contributed by atoms with E-state index in [2.05, 4.69) is 0 Å². The second kappa shape index (κ2) is 5.90. The van der Waals surface area contributed by atoms with Crippen LogP contribution in [0.1, 0.15) is 11.3 Å². The van der Waals surface area contributed by atoms with Crippen LogP contribution < -0.4 is 5.56 Å². The molecule has 0 radical (unpaired) electrons. The Morgan fingerprint density at radius 2 is 1.55 bits per heavy atom. The molecule has 3 rings (SSSR count). The minimum absolute atomic E-state index is 0.0259. The number of pyridine rings is 1. The number of nitrogens with zero attached hydrogens (tertiary/aromatic N) is 1. The third-order valence-electron chi connectivity index (χ3n) is 3.73. The van der Waals surface area contributed by atoms with Crippen molar-refractivity contribution in [1.29, 1.82) is 0 Å². The molecule has 1 heterocycles. The lowest BCUT2D eigenvalue weighted by Crippen LogP contribution is -2.24. The van der Waals surface area contributed by atoms with E-state index < -0.39 is 0 Å². The molecule has 110 valence electrons. The number of aromatic hydroxyl groups is 1. The molecule has 0 aliphatic rings. The summed E-state index contributed by atoms with van der Waals surface area (Å²) >= 11 is 0. The van der Waals surface area contributed by atoms with Crippen molar-refractivity contribution in [3.8, 4) is 16.9 Å². The average molecular weight is 291 g/mol. The van der Waals surface area contributed by atoms with E-state index >= 15 is 0 Å². The fourth-order valence-corrected chi connectivity index (χ4v) is 2.59. The van der Waals surface area contributed by atoms with Crippen LogP contribution in [0.4, 0.5) is 0 Å². The third-order valence-corrected chi connectivity index (χ3v) is 3.73. The van der Waals surface area contributed by atoms with E-state index in [1.54, 1.807) is 10.6 Å². The first kappa shape index (κ1) is 14.1. The molecule has 0 saturated heterocycles. The Labute approximate surface area is 129 Å². The Bertz CT molecular complexity index is 837. The van der Waals surface area contributed by atoms with Gasteiger partial charge in [0.1, 0.15) is 5.75 Å². The van der Waals surface area contributed by atoms with Crippen LogP contribution in [0.2, 0.25) is 0 Å². The van der Waals surface area contributed by atoms with Crippen molar-refractivity contribution >= 4 is 0 Å². The van der Waals surface area contributed by atoms with Crippen molar-refractivity contribution in [3.63, 3.8) is 0 Å². The van der Waals surface area contributed by atoms with Gasteiger partial charge in [-0.1, -0.05) is 60.7 Å². The summed E-state index contributed by atoms with van der Waals surface area (Å²) in [5.41, 5.74) is 2.70. The van der Waals surface area contributed by atoms with Gasteiger partial charge in [-0.3, -0.25) is 4.79 Å². The number of benzene rings is 2. The predicted octanol–water partition coefficient (Wildman–Crippen LogP) is 3.58. The molecular weight excluding hydrogens is 274 g/mol. The fraction of sp³-hybridized carbons (Fsp3) is 0.105. The fourth-order valence-electron chi connectivity index (χ4n) is 2.59. The summed E-state index contributed by atoms with van der Waals surface area (Å²) in [6.45, 7) is 2.32. The summed E-state index contributed by atoms with van der Waals surface area (Å²) in [5.74, 6) is 0.0259. The maximum absolute atomic E-state index is 12.8. The van der Waals surface area contributed by atoms with Crippen molar-refractivity contribution < 1.29 is 5.11 Å². The van der Waals surface area contributed by atoms with Crippen LogP contribution in [0.3, 0.4) is 0 Å². The predicted molar refractivity (Wildman–Crippen MR) is 88.1 cm³/mol. The largest absolute Gasteiger partial charge is 0.507 e. The first-order valence-corrected chi connectivity index (χ1v) is 7.19. The molecular formula is C19H17NO2. The van der Waals surface area contributed by atoms with Crippen LogP contribution >= 0.6 is 0 Å². The lowest BCUT2D eigenvalue weighted by Gasteiger charge is -2.14. The highest BCUT2D eigenvalue weighted by molar-refractivity contribution is 5.69. The maximum Gasteiger partial charge on any atom is 0.262 e. The van der Waals surface area contributed by atoms with E-state index in [0.29, 0.717) is 12.1 Å². The van der Waals surface area contributed by atoms with E-state index in [9.17, 15) is 9.90 Å². The monoisotopic (exact) mass is 291 g/mol. The van der Waals surface area contributed by atoms with Crippen LogP contribution in [0.25, 0.3) is 11.1 Å². The van der Waals surface area contributed by atoms with E-state index in [4.69, 9.17) is 0 Å². The number of hydrogen-bond donors (Lipinski definition) is 1. The molecule has 3 aromatic rings. The molecule has 1 aromatic heterocycles. The molecule has 0 aliphatic carbocycles. The summed E-state index contributed by atoms with van der Waals surface area (Å²) in [4.78, 5) is 12.8. The minimum atomic E-state index is -0.174. The SMILES string of the molecule is Cc1cc(O)c(-c2ccccc2)c(=O)n1Cc1ccccc1. The summed E-state index contributed by atoms with van der Waals surface area (Å²) in [7, 11) is 0. The van der Waals surface area contributed by atoms with Gasteiger partial charge in [-0.2, -0.15) is 0 Å². The molecule has 0 spiro atoms. The van der Waals surface area contributed by atoms with E-state index in [1.807, 2.05) is 67.6 Å². The van der Waals surface area contributed by atoms with Crippen LogP contribution in [-0.4, -0.2) is 9.67 Å². The maximum atomic E-state index is 12.8. The first-order valence-electron chi connectivity index (χ1n) is 7.19. The molecule has 0 aliphatic heterocycles. The third kappa shape index (κ3) is 2.66. The lowest BCUT2D eigenvalue weighted by atomic mass is 10.1. The van der Waals surface area contributed by atoms with Crippen LogP contribution in [0.15, 0.2) is 71.5 Å². The highest BCUT2D eigenvalue weighted by Crippen LogP contribution is 2.26. The average Bonchev–Trinajstić information content (AvgIpc) is 2.53. The van der Waals surface area contributed by atoms with Crippen molar-refractivity contribution in [1.82, 2.24) is 4.57 Å². The van der Waals surface area contributed by atoms with Gasteiger partial charge in [-0.25, -0.2) is 0 Å². The van der Waals surface area contributed by atoms with Gasteiger partial charge in [-0.15, -0.1) is 0 Å². The van der Waals surface area contributed by atoms with Crippen LogP contribution in [0.5, 0.6) is 5.75 Å². The van der Waals surface area contributed by atoms with Gasteiger partial charge in [-0.05, 0) is 18.1 Å². The zero-order valence-electron chi connectivity index (χ0n) is 12.4. The first-order chi connectivity index (χ1) is 10.7. The van der Waals surface area contributed by atoms with Crippen LogP contribution in [0, 0.1) is 6.92 Å². The van der Waals surface area contributed by atoms with Crippen molar-refractivity contribution in [2.45, 2.75) is 13.5 Å². The highest BCUT2D eigenvalue weighted by atomic mass is 16.3. The van der Waals surface area contributed by atoms with E-state index in [-0.39, 0.29) is 11.3 Å². The topological polar surface area (TPSA) is 42.2 Å². The number of hydrogen-bond acceptors (Lipinski definition) is 2. The Kier molecular flexibility index (Phi) is 3.79. The molecule has 0 unspecified atom stereocenters. The quantitative estimate of drug-likeness (QED) is 0.801. The second-order valence-electron chi connectivity index (χ2n) is 5.29. The molecule has 3 heteroatoms. The zero-order valence-corrected chi connectivity index (χ0v) is 12.4. The van der Waals surface area contributed by atoms with Gasteiger partial charge in [0.25, 0.3) is 5.56 Å². The van der Waals surface area contributed by atoms with Gasteiger partial charge in [0.2, 0.25) is 0 Å². The summed E-state index contributed by atoms with van der Waals surface area (Å²) in [6.07, 6.45) is 0. The number of aromatic nitrogens is 1. The Morgan fingerprint density at radius 1 is 0.955 bits per heavy atom. The molecule has 0 atom stereocenters. The molecule has 0 fully saturated rings. The standard InChI is InChI=1S/C19H17NO2/c1-14-12-17(21)18(16-10-6-3-7-11-16)19(22)20(14)13-15-8-4-2-5-9-15/h2-12,21H,13H2,1H3. The normalized spacial score (nSPS) is 10.6. The van der Waals surface area contributed by atoms with E-state index in [0.717, 1.165) is 16.8 Å². The second-order valence-corrected chi connectivity index (χ2v) is 5.29. The van der Waals surface area contributed by atoms with Gasteiger partial charge in [0.15, 0.2) is 0 Å². The number of rotatable bonds is 3. The van der Waals surface area contributed by atoms with E-state index in [1.165, 1.54) is 0 Å². The minimum Gasteiger partial charge on any atom is -0.507 e. The molecule has 2 aromatic carbocycles. The molecule has 0 saturated carbocycles. The Balaban J connectivity index is 2.14. The van der Waals surface area contributed by atoms with Crippen molar-refractivity contribution in [2.24, 2.45) is 0 Å². The van der Waals surface area contributed by atoms with Crippen LogP contribution in [-0.2, 0) is 6.54 Å². The Morgan fingerprint density at radius 3 is 2.18 bits per heavy atom. The molecule has 22 heavy (non-hydrogen) atoms. The lowest BCUT2D eigenvalue weighted by molar-refractivity contribution is 0.472.